The number of nitrogens with zero attached hydrogens (tertiary/aromatic N) is 4. The third kappa shape index (κ3) is 4.86. The van der Waals surface area contributed by atoms with Crippen LogP contribution in [0.4, 0.5) is 0 Å². The van der Waals surface area contributed by atoms with E-state index in [1.807, 2.05) is 29.2 Å². The fourth-order valence-electron chi connectivity index (χ4n) is 3.02. The lowest BCUT2D eigenvalue weighted by Gasteiger charge is -2.35. The Labute approximate surface area is 160 Å². The molecular formula is C20H27ClN4O. The van der Waals surface area contributed by atoms with Crippen molar-refractivity contribution in [2.24, 2.45) is 5.41 Å². The molecule has 140 valence electrons. The van der Waals surface area contributed by atoms with Gasteiger partial charge in [0.2, 0.25) is 0 Å². The van der Waals surface area contributed by atoms with Gasteiger partial charge >= 0.3 is 0 Å². The first-order valence-electron chi connectivity index (χ1n) is 9.14. The summed E-state index contributed by atoms with van der Waals surface area (Å²) in [5.41, 5.74) is 1.87. The molecule has 0 aliphatic carbocycles. The molecule has 1 aliphatic heterocycles. The monoisotopic (exact) mass is 374 g/mol. The average molecular weight is 375 g/mol. The number of carbonyl (C=O) groups is 1. The van der Waals surface area contributed by atoms with Crippen molar-refractivity contribution < 1.29 is 4.79 Å². The van der Waals surface area contributed by atoms with E-state index in [9.17, 15) is 4.79 Å². The molecule has 1 aliphatic rings. The van der Waals surface area contributed by atoms with Crippen molar-refractivity contribution in [2.75, 3.05) is 32.7 Å². The molecule has 1 amide bonds. The smallest absolute Gasteiger partial charge is 0.257 e. The van der Waals surface area contributed by atoms with Gasteiger partial charge in [0.1, 0.15) is 0 Å². The number of piperazine rings is 1. The number of benzene rings is 1. The van der Waals surface area contributed by atoms with Crippen LogP contribution in [0, 0.1) is 5.41 Å². The SMILES string of the molecule is CC(C)(C)CCN1CCN(C(=O)c2cnn(-c3ccc(Cl)cc3)c2)CC1. The van der Waals surface area contributed by atoms with Crippen LogP contribution in [0.5, 0.6) is 0 Å². The van der Waals surface area contributed by atoms with Gasteiger partial charge < -0.3 is 4.90 Å². The zero-order valence-corrected chi connectivity index (χ0v) is 16.5. The van der Waals surface area contributed by atoms with Crippen molar-refractivity contribution in [3.05, 3.63) is 47.2 Å². The van der Waals surface area contributed by atoms with Crippen molar-refractivity contribution in [1.29, 1.82) is 0 Å². The Morgan fingerprint density at radius 2 is 1.77 bits per heavy atom. The molecule has 0 radical (unpaired) electrons. The summed E-state index contributed by atoms with van der Waals surface area (Å²) in [6.45, 7) is 11.3. The van der Waals surface area contributed by atoms with E-state index in [4.69, 9.17) is 11.6 Å². The number of amides is 1. The lowest BCUT2D eigenvalue weighted by Crippen LogP contribution is -2.49. The highest BCUT2D eigenvalue weighted by molar-refractivity contribution is 6.30. The number of hydrogen-bond acceptors (Lipinski definition) is 3. The molecule has 3 rings (SSSR count). The number of rotatable bonds is 4. The minimum atomic E-state index is 0.0562. The second-order valence-corrected chi connectivity index (χ2v) is 8.53. The fraction of sp³-hybridized carbons (Fsp3) is 0.500. The van der Waals surface area contributed by atoms with Gasteiger partial charge in [-0.05, 0) is 42.6 Å². The van der Waals surface area contributed by atoms with Crippen molar-refractivity contribution in [3.8, 4) is 5.69 Å². The summed E-state index contributed by atoms with van der Waals surface area (Å²) in [5, 5.41) is 5.00. The Morgan fingerprint density at radius 1 is 1.12 bits per heavy atom. The maximum Gasteiger partial charge on any atom is 0.257 e. The van der Waals surface area contributed by atoms with E-state index in [-0.39, 0.29) is 5.91 Å². The van der Waals surface area contributed by atoms with E-state index >= 15 is 0 Å². The van der Waals surface area contributed by atoms with Gasteiger partial charge in [0.25, 0.3) is 5.91 Å². The van der Waals surface area contributed by atoms with E-state index in [1.54, 1.807) is 17.1 Å². The molecule has 1 fully saturated rings. The second kappa shape index (κ2) is 7.80. The summed E-state index contributed by atoms with van der Waals surface area (Å²) in [6, 6.07) is 7.41. The maximum absolute atomic E-state index is 12.8. The maximum atomic E-state index is 12.8. The van der Waals surface area contributed by atoms with Crippen LogP contribution < -0.4 is 0 Å². The Morgan fingerprint density at radius 3 is 2.38 bits per heavy atom. The molecule has 0 atom stereocenters. The van der Waals surface area contributed by atoms with Crippen LogP contribution in [0.25, 0.3) is 5.69 Å². The Balaban J connectivity index is 1.57. The van der Waals surface area contributed by atoms with Gasteiger partial charge in [0.15, 0.2) is 0 Å². The van der Waals surface area contributed by atoms with Gasteiger partial charge in [0.05, 0.1) is 17.4 Å². The number of aromatic nitrogens is 2. The molecule has 0 bridgehead atoms. The molecule has 0 saturated carbocycles. The third-order valence-electron chi connectivity index (χ3n) is 4.76. The molecule has 2 aromatic rings. The molecular weight excluding hydrogens is 348 g/mol. The number of carbonyl (C=O) groups excluding carboxylic acids is 1. The summed E-state index contributed by atoms with van der Waals surface area (Å²) < 4.78 is 1.71. The molecule has 2 heterocycles. The highest BCUT2D eigenvalue weighted by Gasteiger charge is 2.24. The predicted octanol–water partition coefficient (Wildman–Crippen LogP) is 3.72. The van der Waals surface area contributed by atoms with E-state index in [2.05, 4.69) is 30.8 Å². The van der Waals surface area contributed by atoms with Gasteiger partial charge in [-0.15, -0.1) is 0 Å². The van der Waals surface area contributed by atoms with Gasteiger partial charge in [-0.1, -0.05) is 32.4 Å². The molecule has 6 heteroatoms. The molecule has 1 aromatic carbocycles. The molecule has 1 aromatic heterocycles. The Hall–Kier alpha value is -1.85. The first-order chi connectivity index (χ1) is 12.3. The van der Waals surface area contributed by atoms with Crippen LogP contribution in [-0.2, 0) is 0 Å². The van der Waals surface area contributed by atoms with E-state index in [0.29, 0.717) is 16.0 Å². The summed E-state index contributed by atoms with van der Waals surface area (Å²) in [6.07, 6.45) is 4.61. The summed E-state index contributed by atoms with van der Waals surface area (Å²) in [7, 11) is 0. The van der Waals surface area contributed by atoms with Crippen LogP contribution in [0.1, 0.15) is 37.6 Å². The molecule has 26 heavy (non-hydrogen) atoms. The minimum absolute atomic E-state index is 0.0562. The first kappa shape index (κ1) is 18.9. The van der Waals surface area contributed by atoms with Crippen molar-refractivity contribution in [1.82, 2.24) is 19.6 Å². The summed E-state index contributed by atoms with van der Waals surface area (Å²) in [4.78, 5) is 17.1. The second-order valence-electron chi connectivity index (χ2n) is 8.09. The summed E-state index contributed by atoms with van der Waals surface area (Å²) in [5.74, 6) is 0.0562. The molecule has 0 N–H and O–H groups in total. The molecule has 0 spiro atoms. The van der Waals surface area contributed by atoms with Crippen LogP contribution in [0.2, 0.25) is 5.02 Å². The molecule has 1 saturated heterocycles. The predicted molar refractivity (Wildman–Crippen MR) is 105 cm³/mol. The fourth-order valence-corrected chi connectivity index (χ4v) is 3.14. The van der Waals surface area contributed by atoms with Crippen molar-refractivity contribution in [3.63, 3.8) is 0 Å². The van der Waals surface area contributed by atoms with Crippen molar-refractivity contribution >= 4 is 17.5 Å². The lowest BCUT2D eigenvalue weighted by molar-refractivity contribution is 0.0623. The zero-order valence-electron chi connectivity index (χ0n) is 15.8. The Bertz CT molecular complexity index is 740. The normalized spacial score (nSPS) is 16.1. The van der Waals surface area contributed by atoms with Crippen LogP contribution in [-0.4, -0.2) is 58.2 Å². The average Bonchev–Trinajstić information content (AvgIpc) is 3.10. The van der Waals surface area contributed by atoms with Gasteiger partial charge in [0, 0.05) is 37.4 Å². The number of halogens is 1. The third-order valence-corrected chi connectivity index (χ3v) is 5.01. The molecule has 0 unspecified atom stereocenters. The van der Waals surface area contributed by atoms with Crippen LogP contribution >= 0.6 is 11.6 Å². The summed E-state index contributed by atoms with van der Waals surface area (Å²) >= 11 is 5.92. The topological polar surface area (TPSA) is 41.4 Å². The number of hydrogen-bond donors (Lipinski definition) is 0. The molecule has 5 nitrogen and oxygen atoms in total. The first-order valence-corrected chi connectivity index (χ1v) is 9.52. The standard InChI is InChI=1S/C20H27ClN4O/c1-20(2,3)8-9-23-10-12-24(13-11-23)19(26)16-14-22-25(15-16)18-6-4-17(21)5-7-18/h4-7,14-15H,8-13H2,1-3H3. The van der Waals surface area contributed by atoms with E-state index in [0.717, 1.165) is 38.4 Å². The quantitative estimate of drug-likeness (QED) is 0.819. The van der Waals surface area contributed by atoms with Crippen molar-refractivity contribution in [2.45, 2.75) is 27.2 Å². The largest absolute Gasteiger partial charge is 0.336 e. The van der Waals surface area contributed by atoms with Crippen LogP contribution in [0.15, 0.2) is 36.7 Å². The van der Waals surface area contributed by atoms with Gasteiger partial charge in [-0.3, -0.25) is 9.69 Å². The van der Waals surface area contributed by atoms with Gasteiger partial charge in [-0.25, -0.2) is 4.68 Å². The van der Waals surface area contributed by atoms with Gasteiger partial charge in [-0.2, -0.15) is 5.10 Å². The minimum Gasteiger partial charge on any atom is -0.336 e. The highest BCUT2D eigenvalue weighted by Crippen LogP contribution is 2.20. The highest BCUT2D eigenvalue weighted by atomic mass is 35.5. The zero-order chi connectivity index (χ0) is 18.7. The van der Waals surface area contributed by atoms with Crippen LogP contribution in [0.3, 0.4) is 0 Å². The van der Waals surface area contributed by atoms with E-state index in [1.165, 1.54) is 6.42 Å². The Kier molecular flexibility index (Phi) is 5.68. The van der Waals surface area contributed by atoms with E-state index < -0.39 is 0 Å². The lowest BCUT2D eigenvalue weighted by atomic mass is 9.92.